The number of aliphatic hydroxyl groups is 1. The van der Waals surface area contributed by atoms with Gasteiger partial charge in [0.2, 0.25) is 5.16 Å². The van der Waals surface area contributed by atoms with Crippen LogP contribution in [0.15, 0.2) is 46.2 Å². The van der Waals surface area contributed by atoms with Crippen molar-refractivity contribution < 1.29 is 9.90 Å². The topological polar surface area (TPSA) is 80.9 Å². The molecule has 98 valence electrons. The average molecular weight is 276 g/mol. The lowest BCUT2D eigenvalue weighted by Gasteiger charge is -2.05. The number of allylic oxidation sites excluding steroid dienone is 2. The molecule has 1 aromatic heterocycles. The SMILES string of the molecule is CC(=O)/C(Sc1nnnn1-c1ccccc1)=C(/C)O. The molecule has 0 atom stereocenters. The number of para-hydroxylation sites is 1. The predicted octanol–water partition coefficient (Wildman–Crippen LogP) is 2.13. The molecule has 7 heteroatoms. The van der Waals surface area contributed by atoms with Gasteiger partial charge < -0.3 is 5.11 Å². The number of carbonyl (C=O) groups is 1. The number of hydrogen-bond acceptors (Lipinski definition) is 6. The van der Waals surface area contributed by atoms with Crippen molar-refractivity contribution >= 4 is 17.5 Å². The van der Waals surface area contributed by atoms with Gasteiger partial charge in [-0.1, -0.05) is 18.2 Å². The van der Waals surface area contributed by atoms with Gasteiger partial charge in [-0.05, 0) is 48.2 Å². The number of hydrogen-bond donors (Lipinski definition) is 1. The minimum absolute atomic E-state index is 0.0416. The molecule has 1 N–H and O–H groups in total. The molecule has 6 nitrogen and oxygen atoms in total. The molecular weight excluding hydrogens is 264 g/mol. The highest BCUT2D eigenvalue weighted by molar-refractivity contribution is 8.03. The molecule has 0 aliphatic carbocycles. The van der Waals surface area contributed by atoms with Crippen LogP contribution in [-0.2, 0) is 4.79 Å². The van der Waals surface area contributed by atoms with E-state index in [0.29, 0.717) is 5.16 Å². The summed E-state index contributed by atoms with van der Waals surface area (Å²) in [5.41, 5.74) is 0.786. The molecule has 1 heterocycles. The lowest BCUT2D eigenvalue weighted by Crippen LogP contribution is -2.02. The summed E-state index contributed by atoms with van der Waals surface area (Å²) in [6, 6.07) is 9.32. The molecule has 0 saturated heterocycles. The minimum atomic E-state index is -0.229. The van der Waals surface area contributed by atoms with Crippen LogP contribution >= 0.6 is 11.8 Å². The third-order valence-corrected chi connectivity index (χ3v) is 3.51. The third kappa shape index (κ3) is 3.00. The molecule has 0 spiro atoms. The molecule has 0 radical (unpaired) electrons. The van der Waals surface area contributed by atoms with Gasteiger partial charge in [-0.3, -0.25) is 4.79 Å². The van der Waals surface area contributed by atoms with E-state index in [1.165, 1.54) is 18.5 Å². The number of thioether (sulfide) groups is 1. The number of nitrogens with zero attached hydrogens (tertiary/aromatic N) is 4. The van der Waals surface area contributed by atoms with Crippen LogP contribution in [0, 0.1) is 0 Å². The van der Waals surface area contributed by atoms with Gasteiger partial charge in [0.25, 0.3) is 0 Å². The summed E-state index contributed by atoms with van der Waals surface area (Å²) in [4.78, 5) is 11.7. The Kier molecular flexibility index (Phi) is 3.96. The van der Waals surface area contributed by atoms with Gasteiger partial charge in [-0.25, -0.2) is 0 Å². The number of carbonyl (C=O) groups excluding carboxylic acids is 1. The molecule has 0 aliphatic rings. The molecule has 0 bridgehead atoms. The fourth-order valence-electron chi connectivity index (χ4n) is 1.47. The van der Waals surface area contributed by atoms with Crippen LogP contribution in [0.2, 0.25) is 0 Å². The van der Waals surface area contributed by atoms with Crippen LogP contribution in [0.1, 0.15) is 13.8 Å². The number of rotatable bonds is 4. The van der Waals surface area contributed by atoms with Gasteiger partial charge in [0.15, 0.2) is 5.78 Å². The fourth-order valence-corrected chi connectivity index (χ4v) is 2.25. The van der Waals surface area contributed by atoms with Crippen molar-refractivity contribution in [1.82, 2.24) is 20.2 Å². The second kappa shape index (κ2) is 5.66. The van der Waals surface area contributed by atoms with E-state index in [4.69, 9.17) is 0 Å². The van der Waals surface area contributed by atoms with E-state index in [9.17, 15) is 9.90 Å². The second-order valence-electron chi connectivity index (χ2n) is 3.78. The van der Waals surface area contributed by atoms with Crippen molar-refractivity contribution in [1.29, 1.82) is 0 Å². The Bertz CT molecular complexity index is 618. The van der Waals surface area contributed by atoms with Gasteiger partial charge in [-0.15, -0.1) is 5.10 Å². The maximum Gasteiger partial charge on any atom is 0.219 e. The van der Waals surface area contributed by atoms with E-state index in [-0.39, 0.29) is 16.4 Å². The monoisotopic (exact) mass is 276 g/mol. The number of tetrazole rings is 1. The summed E-state index contributed by atoms with van der Waals surface area (Å²) >= 11 is 1.04. The van der Waals surface area contributed by atoms with Crippen molar-refractivity contribution in [3.63, 3.8) is 0 Å². The highest BCUT2D eigenvalue weighted by Gasteiger charge is 2.16. The third-order valence-electron chi connectivity index (χ3n) is 2.28. The number of benzene rings is 1. The van der Waals surface area contributed by atoms with Crippen LogP contribution in [0.5, 0.6) is 0 Å². The van der Waals surface area contributed by atoms with Crippen molar-refractivity contribution in [3.8, 4) is 5.69 Å². The molecule has 2 aromatic rings. The zero-order valence-corrected chi connectivity index (χ0v) is 11.3. The maximum absolute atomic E-state index is 11.4. The summed E-state index contributed by atoms with van der Waals surface area (Å²) in [5, 5.41) is 21.3. The van der Waals surface area contributed by atoms with Crippen LogP contribution in [-0.4, -0.2) is 31.1 Å². The van der Waals surface area contributed by atoms with Crippen LogP contribution in [0.25, 0.3) is 5.69 Å². The summed E-state index contributed by atoms with van der Waals surface area (Å²) in [7, 11) is 0. The zero-order chi connectivity index (χ0) is 13.8. The first kappa shape index (κ1) is 13.3. The van der Waals surface area contributed by atoms with E-state index in [2.05, 4.69) is 15.5 Å². The Morgan fingerprint density at radius 2 is 1.95 bits per heavy atom. The maximum atomic E-state index is 11.4. The summed E-state index contributed by atoms with van der Waals surface area (Å²) < 4.78 is 1.51. The number of Topliss-reactive ketones (excluding diaryl/α,β-unsaturated/α-hetero) is 1. The van der Waals surface area contributed by atoms with E-state index in [1.807, 2.05) is 30.3 Å². The zero-order valence-electron chi connectivity index (χ0n) is 10.4. The number of aromatic nitrogens is 4. The van der Waals surface area contributed by atoms with E-state index >= 15 is 0 Å². The predicted molar refractivity (Wildman–Crippen MR) is 71.0 cm³/mol. The van der Waals surface area contributed by atoms with Gasteiger partial charge in [-0.2, -0.15) is 4.68 Å². The average Bonchev–Trinajstić information content (AvgIpc) is 2.84. The van der Waals surface area contributed by atoms with Gasteiger partial charge in [0, 0.05) is 0 Å². The van der Waals surface area contributed by atoms with Crippen LogP contribution in [0.3, 0.4) is 0 Å². The van der Waals surface area contributed by atoms with E-state index in [1.54, 1.807) is 0 Å². The van der Waals surface area contributed by atoms with Crippen molar-refractivity contribution in [2.24, 2.45) is 0 Å². The van der Waals surface area contributed by atoms with Crippen molar-refractivity contribution in [2.45, 2.75) is 19.0 Å². The molecule has 0 aliphatic heterocycles. The van der Waals surface area contributed by atoms with Crippen LogP contribution in [0.4, 0.5) is 0 Å². The van der Waals surface area contributed by atoms with Gasteiger partial charge in [0.05, 0.1) is 10.6 Å². The molecular formula is C12H12N4O2S. The number of ketones is 1. The standard InChI is InChI=1S/C12H12N4O2S/c1-8(17)11(9(2)18)19-12-13-14-15-16(12)10-6-4-3-5-7-10/h3-7,17H,1-2H3/b11-8+. The first-order chi connectivity index (χ1) is 9.09. The Hall–Kier alpha value is -2.15. The summed E-state index contributed by atoms with van der Waals surface area (Å²) in [5.74, 6) is -0.271. The van der Waals surface area contributed by atoms with Crippen molar-refractivity contribution in [2.75, 3.05) is 0 Å². The van der Waals surface area contributed by atoms with Gasteiger partial charge in [0.1, 0.15) is 5.76 Å². The molecule has 0 amide bonds. The molecule has 1 aromatic carbocycles. The number of aliphatic hydroxyl groups excluding tert-OH is 1. The van der Waals surface area contributed by atoms with Crippen molar-refractivity contribution in [3.05, 3.63) is 41.0 Å². The molecule has 0 saturated carbocycles. The Labute approximate surface area is 114 Å². The first-order valence-electron chi connectivity index (χ1n) is 5.52. The summed E-state index contributed by atoms with van der Waals surface area (Å²) in [6.07, 6.45) is 0. The Morgan fingerprint density at radius 3 is 2.53 bits per heavy atom. The molecule has 0 fully saturated rings. The molecule has 0 unspecified atom stereocenters. The minimum Gasteiger partial charge on any atom is -0.511 e. The highest BCUT2D eigenvalue weighted by Crippen LogP contribution is 2.28. The molecule has 2 rings (SSSR count). The van der Waals surface area contributed by atoms with E-state index in [0.717, 1.165) is 17.4 Å². The Morgan fingerprint density at radius 1 is 1.26 bits per heavy atom. The van der Waals surface area contributed by atoms with E-state index < -0.39 is 0 Å². The summed E-state index contributed by atoms with van der Waals surface area (Å²) in [6.45, 7) is 2.85. The lowest BCUT2D eigenvalue weighted by atomic mass is 10.3. The van der Waals surface area contributed by atoms with Crippen LogP contribution < -0.4 is 0 Å². The normalized spacial score (nSPS) is 12.1. The lowest BCUT2D eigenvalue weighted by molar-refractivity contribution is -0.113. The Balaban J connectivity index is 2.36. The highest BCUT2D eigenvalue weighted by atomic mass is 32.2. The largest absolute Gasteiger partial charge is 0.511 e. The van der Waals surface area contributed by atoms with Gasteiger partial charge >= 0.3 is 0 Å². The fraction of sp³-hybridized carbons (Fsp3) is 0.167. The quantitative estimate of drug-likeness (QED) is 0.523. The first-order valence-corrected chi connectivity index (χ1v) is 6.33. The second-order valence-corrected chi connectivity index (χ2v) is 4.76. The molecule has 19 heavy (non-hydrogen) atoms. The smallest absolute Gasteiger partial charge is 0.219 e.